The van der Waals surface area contributed by atoms with Crippen molar-refractivity contribution in [1.29, 1.82) is 0 Å². The number of aliphatic carboxylic acids is 1. The first-order valence-electron chi connectivity index (χ1n) is 5.23. The van der Waals surface area contributed by atoms with E-state index in [2.05, 4.69) is 0 Å². The van der Waals surface area contributed by atoms with Crippen LogP contribution in [-0.4, -0.2) is 31.3 Å². The third kappa shape index (κ3) is 2.32. The van der Waals surface area contributed by atoms with Crippen molar-refractivity contribution in [2.45, 2.75) is 23.8 Å². The molecule has 0 aliphatic carbocycles. The Morgan fingerprint density at radius 3 is 2.82 bits per heavy atom. The van der Waals surface area contributed by atoms with E-state index in [1.807, 2.05) is 0 Å². The molecular weight excluding hydrogens is 242 g/mol. The average molecular weight is 255 g/mol. The molecule has 1 aromatic carbocycles. The highest BCUT2D eigenvalue weighted by atomic mass is 32.2. The number of benzene rings is 1. The zero-order valence-electron chi connectivity index (χ0n) is 9.09. The fourth-order valence-electron chi connectivity index (χ4n) is 1.92. The van der Waals surface area contributed by atoms with E-state index in [1.165, 1.54) is 0 Å². The molecule has 1 heterocycles. The van der Waals surface area contributed by atoms with Crippen molar-refractivity contribution < 1.29 is 18.3 Å². The topological polar surface area (TPSA) is 97.5 Å². The third-order valence-corrected chi connectivity index (χ3v) is 4.67. The highest BCUT2D eigenvalue weighted by Crippen LogP contribution is 2.27. The molecule has 0 aromatic heterocycles. The average Bonchev–Trinajstić information content (AvgIpc) is 2.55. The summed E-state index contributed by atoms with van der Waals surface area (Å²) in [6.07, 6.45) is 0.668. The van der Waals surface area contributed by atoms with Gasteiger partial charge in [-0.2, -0.15) is 0 Å². The fourth-order valence-corrected chi connectivity index (χ4v) is 3.53. The Kier molecular flexibility index (Phi) is 2.92. The first-order chi connectivity index (χ1) is 7.90. The van der Waals surface area contributed by atoms with Crippen LogP contribution in [0.2, 0.25) is 0 Å². The van der Waals surface area contributed by atoms with Crippen LogP contribution >= 0.6 is 0 Å². The first kappa shape index (κ1) is 12.1. The van der Waals surface area contributed by atoms with Crippen LogP contribution in [0.4, 0.5) is 0 Å². The van der Waals surface area contributed by atoms with E-state index < -0.39 is 21.8 Å². The number of nitrogens with two attached hydrogens (primary N) is 1. The lowest BCUT2D eigenvalue weighted by Crippen LogP contribution is -2.32. The van der Waals surface area contributed by atoms with Crippen molar-refractivity contribution in [2.75, 3.05) is 5.75 Å². The van der Waals surface area contributed by atoms with Crippen LogP contribution in [0.1, 0.15) is 11.1 Å². The minimum absolute atomic E-state index is 0.136. The largest absolute Gasteiger partial charge is 0.480 e. The predicted octanol–water partition coefficient (Wildman–Crippen LogP) is -0.0292. The Bertz CT molecular complexity index is 565. The molecular formula is C11H13NO4S. The summed E-state index contributed by atoms with van der Waals surface area (Å²) in [5.74, 6) is -0.954. The van der Waals surface area contributed by atoms with Crippen LogP contribution in [0.5, 0.6) is 0 Å². The highest BCUT2D eigenvalue weighted by Gasteiger charge is 2.26. The van der Waals surface area contributed by atoms with Crippen molar-refractivity contribution in [1.82, 2.24) is 0 Å². The zero-order chi connectivity index (χ0) is 12.6. The van der Waals surface area contributed by atoms with E-state index in [-0.39, 0.29) is 12.2 Å². The fraction of sp³-hybridized carbons (Fsp3) is 0.364. The second kappa shape index (κ2) is 4.12. The molecule has 1 unspecified atom stereocenters. The Labute approximate surface area is 99.2 Å². The van der Waals surface area contributed by atoms with Gasteiger partial charge in [0.2, 0.25) is 0 Å². The second-order valence-electron chi connectivity index (χ2n) is 4.16. The normalized spacial score (nSPS) is 18.6. The van der Waals surface area contributed by atoms with Gasteiger partial charge in [0.15, 0.2) is 9.84 Å². The van der Waals surface area contributed by atoms with Gasteiger partial charge < -0.3 is 10.8 Å². The van der Waals surface area contributed by atoms with Crippen molar-refractivity contribution in [2.24, 2.45) is 5.73 Å². The molecule has 0 bridgehead atoms. The molecule has 0 spiro atoms. The maximum atomic E-state index is 11.7. The molecule has 3 N–H and O–H groups in total. The molecule has 0 fully saturated rings. The van der Waals surface area contributed by atoms with Crippen LogP contribution in [0, 0.1) is 0 Å². The number of hydrogen-bond donors (Lipinski definition) is 2. The van der Waals surface area contributed by atoms with E-state index in [0.29, 0.717) is 16.9 Å². The lowest BCUT2D eigenvalue weighted by molar-refractivity contribution is -0.138. The van der Waals surface area contributed by atoms with Crippen molar-refractivity contribution in [3.05, 3.63) is 29.3 Å². The number of rotatable bonds is 3. The number of aryl methyl sites for hydroxylation is 1. The van der Waals surface area contributed by atoms with Crippen LogP contribution < -0.4 is 5.73 Å². The van der Waals surface area contributed by atoms with Gasteiger partial charge in [-0.1, -0.05) is 12.1 Å². The third-order valence-electron chi connectivity index (χ3n) is 2.88. The Morgan fingerprint density at radius 2 is 2.18 bits per heavy atom. The van der Waals surface area contributed by atoms with Gasteiger partial charge in [0.25, 0.3) is 0 Å². The molecule has 0 saturated heterocycles. The van der Waals surface area contributed by atoms with Gasteiger partial charge in [0, 0.05) is 0 Å². The van der Waals surface area contributed by atoms with Crippen molar-refractivity contribution >= 4 is 15.8 Å². The molecule has 1 aliphatic rings. The summed E-state index contributed by atoms with van der Waals surface area (Å²) < 4.78 is 23.4. The molecule has 0 amide bonds. The van der Waals surface area contributed by atoms with E-state index in [0.717, 1.165) is 5.56 Å². The smallest absolute Gasteiger partial charge is 0.320 e. The highest BCUT2D eigenvalue weighted by molar-refractivity contribution is 7.91. The molecule has 0 saturated carbocycles. The van der Waals surface area contributed by atoms with Gasteiger partial charge in [-0.15, -0.1) is 0 Å². The molecule has 92 valence electrons. The Balaban J connectivity index is 2.32. The molecule has 1 aromatic rings. The lowest BCUT2D eigenvalue weighted by atomic mass is 10.0. The summed E-state index contributed by atoms with van der Waals surface area (Å²) in [7, 11) is -3.17. The summed E-state index contributed by atoms with van der Waals surface area (Å²) in [4.78, 5) is 10.9. The monoisotopic (exact) mass is 255 g/mol. The van der Waals surface area contributed by atoms with Gasteiger partial charge in [-0.05, 0) is 30.0 Å². The maximum Gasteiger partial charge on any atom is 0.320 e. The summed E-state index contributed by atoms with van der Waals surface area (Å²) in [5.41, 5.74) is 6.86. The summed E-state index contributed by atoms with van der Waals surface area (Å²) in [6.45, 7) is 0. The minimum Gasteiger partial charge on any atom is -0.480 e. The van der Waals surface area contributed by atoms with E-state index in [1.54, 1.807) is 18.2 Å². The number of sulfone groups is 1. The van der Waals surface area contributed by atoms with Crippen LogP contribution in [-0.2, 0) is 27.5 Å². The molecule has 17 heavy (non-hydrogen) atoms. The first-order valence-corrected chi connectivity index (χ1v) is 6.88. The number of hydrogen-bond acceptors (Lipinski definition) is 4. The number of fused-ring (bicyclic) bond motifs is 1. The Morgan fingerprint density at radius 1 is 1.47 bits per heavy atom. The van der Waals surface area contributed by atoms with Crippen molar-refractivity contribution in [3.8, 4) is 0 Å². The van der Waals surface area contributed by atoms with Gasteiger partial charge in [-0.25, -0.2) is 8.42 Å². The number of carbonyl (C=O) groups is 1. The van der Waals surface area contributed by atoms with E-state index in [9.17, 15) is 13.2 Å². The van der Waals surface area contributed by atoms with E-state index in [4.69, 9.17) is 10.8 Å². The van der Waals surface area contributed by atoms with E-state index >= 15 is 0 Å². The zero-order valence-corrected chi connectivity index (χ0v) is 9.90. The van der Waals surface area contributed by atoms with Crippen LogP contribution in [0.3, 0.4) is 0 Å². The number of carboxylic acids is 1. The summed E-state index contributed by atoms with van der Waals surface area (Å²) >= 11 is 0. The quantitative estimate of drug-likeness (QED) is 0.790. The SMILES string of the molecule is NC(Cc1ccc2c(c1)S(=O)(=O)CC2)C(=O)O. The van der Waals surface area contributed by atoms with Gasteiger partial charge >= 0.3 is 5.97 Å². The number of carboxylic acid groups (broad SMARTS) is 1. The van der Waals surface area contributed by atoms with Gasteiger partial charge in [-0.3, -0.25) is 4.79 Å². The molecule has 2 rings (SSSR count). The van der Waals surface area contributed by atoms with Crippen LogP contribution in [0.25, 0.3) is 0 Å². The van der Waals surface area contributed by atoms with Crippen LogP contribution in [0.15, 0.2) is 23.1 Å². The Hall–Kier alpha value is -1.40. The lowest BCUT2D eigenvalue weighted by Gasteiger charge is -2.07. The predicted molar refractivity (Wildman–Crippen MR) is 61.5 cm³/mol. The standard InChI is InChI=1S/C11H13NO4S/c12-9(11(13)14)5-7-1-2-8-3-4-17(15,16)10(8)6-7/h1-2,6,9H,3-5,12H2,(H,13,14). The molecule has 6 heteroatoms. The molecule has 1 aliphatic heterocycles. The summed E-state index contributed by atoms with van der Waals surface area (Å²) in [6, 6.07) is 4.02. The van der Waals surface area contributed by atoms with Gasteiger partial charge in [0.1, 0.15) is 6.04 Å². The minimum atomic E-state index is -3.17. The molecule has 1 atom stereocenters. The second-order valence-corrected chi connectivity index (χ2v) is 6.24. The summed E-state index contributed by atoms with van der Waals surface area (Å²) in [5, 5.41) is 8.70. The van der Waals surface area contributed by atoms with Gasteiger partial charge in [0.05, 0.1) is 10.6 Å². The maximum absolute atomic E-state index is 11.7. The molecule has 0 radical (unpaired) electrons. The van der Waals surface area contributed by atoms with Crippen molar-refractivity contribution in [3.63, 3.8) is 0 Å². The molecule has 5 nitrogen and oxygen atoms in total.